The number of halogens is 1. The van der Waals surface area contributed by atoms with Crippen LogP contribution in [0.4, 0.5) is 0 Å². The smallest absolute Gasteiger partial charge is 0.312 e. The molecule has 1 N–H and O–H groups in total. The number of thiazole rings is 1. The highest BCUT2D eigenvalue weighted by molar-refractivity contribution is 14.0. The molecule has 116 valence electrons. The van der Waals surface area contributed by atoms with Crippen molar-refractivity contribution >= 4 is 51.5 Å². The second kappa shape index (κ2) is 6.78. The Kier molecular flexibility index (Phi) is 5.80. The van der Waals surface area contributed by atoms with Crippen molar-refractivity contribution in [2.75, 3.05) is 7.11 Å². The minimum Gasteiger partial charge on any atom is -0.497 e. The van der Waals surface area contributed by atoms with E-state index in [2.05, 4.69) is 0 Å². The molecule has 7 heteroatoms. The Morgan fingerprint density at radius 1 is 1.38 bits per heavy atom. The zero-order valence-electron chi connectivity index (χ0n) is 12.4. The Balaban J connectivity index is 0.00000220. The number of ether oxygens (including phenoxy) is 2. The molecule has 0 spiro atoms. The minimum atomic E-state index is -0.544. The summed E-state index contributed by atoms with van der Waals surface area (Å²) in [6, 6.07) is 5.57. The summed E-state index contributed by atoms with van der Waals surface area (Å²) in [7, 11) is 1.61. The summed E-state index contributed by atoms with van der Waals surface area (Å²) >= 11 is 1.33. The maximum atomic E-state index is 11.8. The van der Waals surface area contributed by atoms with E-state index in [9.17, 15) is 4.79 Å². The molecule has 0 aliphatic rings. The Morgan fingerprint density at radius 3 is 2.62 bits per heavy atom. The van der Waals surface area contributed by atoms with Crippen LogP contribution in [-0.4, -0.2) is 17.6 Å². The van der Waals surface area contributed by atoms with E-state index >= 15 is 0 Å². The zero-order valence-corrected chi connectivity index (χ0v) is 15.6. The van der Waals surface area contributed by atoms with Crippen molar-refractivity contribution < 1.29 is 14.3 Å². The van der Waals surface area contributed by atoms with E-state index in [1.54, 1.807) is 32.4 Å². The predicted octanol–water partition coefficient (Wildman–Crippen LogP) is 3.36. The van der Waals surface area contributed by atoms with Crippen LogP contribution in [0.25, 0.3) is 10.2 Å². The molecule has 2 rings (SSSR count). The predicted molar refractivity (Wildman–Crippen MR) is 93.2 cm³/mol. The van der Waals surface area contributed by atoms with Crippen LogP contribution in [0.5, 0.6) is 5.75 Å². The number of aromatic nitrogens is 1. The lowest BCUT2D eigenvalue weighted by Crippen LogP contribution is -2.26. The van der Waals surface area contributed by atoms with E-state index in [1.807, 2.05) is 18.2 Å². The van der Waals surface area contributed by atoms with Crippen LogP contribution >= 0.6 is 35.3 Å². The SMILES string of the molecule is COc1ccc2c(c1)sc(=N)n2COC(=O)C(C)(C)C.I. The quantitative estimate of drug-likeness (QED) is 0.610. The molecule has 5 nitrogen and oxygen atoms in total. The number of esters is 1. The number of fused-ring (bicyclic) bond motifs is 1. The summed E-state index contributed by atoms with van der Waals surface area (Å²) in [6.07, 6.45) is 0. The average molecular weight is 422 g/mol. The van der Waals surface area contributed by atoms with Crippen LogP contribution in [0.3, 0.4) is 0 Å². The van der Waals surface area contributed by atoms with Crippen LogP contribution < -0.4 is 9.54 Å². The normalized spacial score (nSPS) is 11.0. The molecule has 0 saturated heterocycles. The van der Waals surface area contributed by atoms with Gasteiger partial charge in [-0.05, 0) is 39.0 Å². The maximum Gasteiger partial charge on any atom is 0.312 e. The molecule has 0 unspecified atom stereocenters. The highest BCUT2D eigenvalue weighted by Gasteiger charge is 2.23. The van der Waals surface area contributed by atoms with Gasteiger partial charge in [-0.25, -0.2) is 0 Å². The van der Waals surface area contributed by atoms with Gasteiger partial charge in [0, 0.05) is 0 Å². The number of carbonyl (C=O) groups is 1. The largest absolute Gasteiger partial charge is 0.497 e. The van der Waals surface area contributed by atoms with Crippen LogP contribution in [0.2, 0.25) is 0 Å². The molecule has 1 aromatic carbocycles. The summed E-state index contributed by atoms with van der Waals surface area (Å²) in [4.78, 5) is 12.1. The van der Waals surface area contributed by atoms with Gasteiger partial charge in [0.25, 0.3) is 0 Å². The van der Waals surface area contributed by atoms with Crippen molar-refractivity contribution in [3.05, 3.63) is 23.0 Å². The lowest BCUT2D eigenvalue weighted by Gasteiger charge is -2.17. The Labute approximate surface area is 144 Å². The number of nitrogens with zero attached hydrogens (tertiary/aromatic N) is 1. The number of methoxy groups -OCH3 is 1. The molecule has 0 radical (unpaired) electrons. The van der Waals surface area contributed by atoms with Crippen molar-refractivity contribution in [1.29, 1.82) is 5.41 Å². The minimum absolute atomic E-state index is 0. The highest BCUT2D eigenvalue weighted by atomic mass is 127. The van der Waals surface area contributed by atoms with E-state index < -0.39 is 5.41 Å². The number of benzene rings is 1. The van der Waals surface area contributed by atoms with Crippen molar-refractivity contribution in [2.45, 2.75) is 27.5 Å². The van der Waals surface area contributed by atoms with Gasteiger partial charge < -0.3 is 9.47 Å². The van der Waals surface area contributed by atoms with E-state index in [-0.39, 0.29) is 36.7 Å². The molecule has 1 aromatic heterocycles. The third-order valence-corrected chi connectivity index (χ3v) is 3.81. The molecule has 21 heavy (non-hydrogen) atoms. The van der Waals surface area contributed by atoms with Crippen molar-refractivity contribution in [1.82, 2.24) is 4.57 Å². The molecule has 0 aliphatic carbocycles. The second-order valence-electron chi connectivity index (χ2n) is 5.48. The van der Waals surface area contributed by atoms with Gasteiger partial charge in [0.1, 0.15) is 5.75 Å². The summed E-state index contributed by atoms with van der Waals surface area (Å²) in [5, 5.41) is 7.98. The molecule has 0 atom stereocenters. The molecule has 2 aromatic rings. The third kappa shape index (κ3) is 3.97. The first-order valence-electron chi connectivity index (χ1n) is 6.22. The average Bonchev–Trinajstić information content (AvgIpc) is 2.69. The topological polar surface area (TPSA) is 64.3 Å². The highest BCUT2D eigenvalue weighted by Crippen LogP contribution is 2.23. The molecule has 0 saturated carbocycles. The first-order valence-corrected chi connectivity index (χ1v) is 7.04. The lowest BCUT2D eigenvalue weighted by atomic mass is 9.98. The van der Waals surface area contributed by atoms with E-state index in [4.69, 9.17) is 14.9 Å². The Bertz CT molecular complexity index is 700. The van der Waals surface area contributed by atoms with Crippen molar-refractivity contribution in [3.8, 4) is 5.75 Å². The van der Waals surface area contributed by atoms with Gasteiger partial charge in [-0.15, -0.1) is 24.0 Å². The first kappa shape index (κ1) is 18.0. The monoisotopic (exact) mass is 422 g/mol. The zero-order chi connectivity index (χ0) is 14.9. The van der Waals surface area contributed by atoms with E-state index in [0.717, 1.165) is 16.0 Å². The fraction of sp³-hybridized carbons (Fsp3) is 0.429. The molecule has 1 heterocycles. The van der Waals surface area contributed by atoms with Gasteiger partial charge in [-0.1, -0.05) is 11.3 Å². The lowest BCUT2D eigenvalue weighted by molar-refractivity contribution is -0.156. The number of hydrogen-bond donors (Lipinski definition) is 1. The van der Waals surface area contributed by atoms with E-state index in [1.165, 1.54) is 11.3 Å². The van der Waals surface area contributed by atoms with Gasteiger partial charge in [-0.2, -0.15) is 0 Å². The number of carbonyl (C=O) groups excluding carboxylic acids is 1. The Morgan fingerprint density at radius 2 is 2.05 bits per heavy atom. The van der Waals surface area contributed by atoms with Crippen molar-refractivity contribution in [2.24, 2.45) is 5.41 Å². The fourth-order valence-corrected chi connectivity index (χ4v) is 2.59. The maximum absolute atomic E-state index is 11.8. The van der Waals surface area contributed by atoms with Crippen LogP contribution in [0, 0.1) is 10.8 Å². The number of rotatable bonds is 3. The fourth-order valence-electron chi connectivity index (χ4n) is 1.66. The molecule has 0 amide bonds. The van der Waals surface area contributed by atoms with Gasteiger partial charge in [-0.3, -0.25) is 14.8 Å². The third-order valence-electron chi connectivity index (χ3n) is 2.85. The molecule has 0 aliphatic heterocycles. The number of nitrogens with one attached hydrogen (secondary N) is 1. The van der Waals surface area contributed by atoms with Gasteiger partial charge >= 0.3 is 5.97 Å². The van der Waals surface area contributed by atoms with Crippen LogP contribution in [0.15, 0.2) is 18.2 Å². The summed E-state index contributed by atoms with van der Waals surface area (Å²) in [5.41, 5.74) is 0.320. The van der Waals surface area contributed by atoms with Crippen LogP contribution in [-0.2, 0) is 16.3 Å². The molecular formula is C14H19IN2O3S. The van der Waals surface area contributed by atoms with Crippen molar-refractivity contribution in [3.63, 3.8) is 0 Å². The standard InChI is InChI=1S/C14H18N2O3S.HI/c1-14(2,3)12(17)19-8-16-10-6-5-9(18-4)7-11(10)20-13(16)15;/h5-7,15H,8H2,1-4H3;1H. The Hall–Kier alpha value is -1.09. The molecule has 0 fully saturated rings. The van der Waals surface area contributed by atoms with Gasteiger partial charge in [0.15, 0.2) is 11.5 Å². The molecular weight excluding hydrogens is 403 g/mol. The first-order chi connectivity index (χ1) is 9.32. The summed E-state index contributed by atoms with van der Waals surface area (Å²) < 4.78 is 13.0. The number of hydrogen-bond acceptors (Lipinski definition) is 5. The second-order valence-corrected chi connectivity index (χ2v) is 6.51. The summed E-state index contributed by atoms with van der Waals surface area (Å²) in [6.45, 7) is 5.47. The summed E-state index contributed by atoms with van der Waals surface area (Å²) in [5.74, 6) is 0.467. The molecule has 0 bridgehead atoms. The van der Waals surface area contributed by atoms with Crippen LogP contribution in [0.1, 0.15) is 20.8 Å². The van der Waals surface area contributed by atoms with E-state index in [0.29, 0.717) is 4.80 Å². The van der Waals surface area contributed by atoms with Gasteiger partial charge in [0.2, 0.25) is 0 Å². The van der Waals surface area contributed by atoms with Gasteiger partial charge in [0.05, 0.1) is 22.7 Å².